The minimum atomic E-state index is -0.761. The predicted molar refractivity (Wildman–Crippen MR) is 261 cm³/mol. The highest BCUT2D eigenvalue weighted by Gasteiger charge is 2.19. The van der Waals surface area contributed by atoms with Crippen LogP contribution in [-0.2, 0) is 28.6 Å². The second kappa shape index (κ2) is 49.4. The van der Waals surface area contributed by atoms with Gasteiger partial charge in [-0.1, -0.05) is 272 Å². The van der Waals surface area contributed by atoms with Crippen molar-refractivity contribution in [3.8, 4) is 0 Å². The summed E-state index contributed by atoms with van der Waals surface area (Å²) in [4.78, 5) is 37.9. The van der Waals surface area contributed by atoms with Crippen molar-refractivity contribution >= 4 is 17.9 Å². The Morgan fingerprint density at radius 2 is 0.541 bits per heavy atom. The van der Waals surface area contributed by atoms with E-state index in [0.29, 0.717) is 19.3 Å². The molecule has 0 rings (SSSR count). The molecule has 0 aromatic heterocycles. The number of hydrogen-bond acceptors (Lipinski definition) is 6. The Labute approximate surface area is 380 Å². The maximum absolute atomic E-state index is 12.8. The normalized spacial score (nSPS) is 12.0. The molecule has 0 heterocycles. The van der Waals surface area contributed by atoms with Gasteiger partial charge in [-0.25, -0.2) is 0 Å². The van der Waals surface area contributed by atoms with Gasteiger partial charge in [0.2, 0.25) is 0 Å². The number of rotatable bonds is 50. The van der Waals surface area contributed by atoms with Crippen LogP contribution in [0.3, 0.4) is 0 Å². The van der Waals surface area contributed by atoms with E-state index in [2.05, 4.69) is 27.7 Å². The van der Waals surface area contributed by atoms with E-state index in [-0.39, 0.29) is 31.1 Å². The lowest BCUT2D eigenvalue weighted by atomic mass is 10.0. The Kier molecular flexibility index (Phi) is 48.1. The molecule has 1 atom stereocenters. The van der Waals surface area contributed by atoms with Crippen LogP contribution in [0.4, 0.5) is 0 Å². The van der Waals surface area contributed by atoms with Crippen LogP contribution in [0.5, 0.6) is 0 Å². The third-order valence-electron chi connectivity index (χ3n) is 12.5. The molecule has 0 saturated carbocycles. The van der Waals surface area contributed by atoms with E-state index in [0.717, 1.165) is 63.7 Å². The van der Waals surface area contributed by atoms with Gasteiger partial charge in [0, 0.05) is 19.3 Å². The van der Waals surface area contributed by atoms with Gasteiger partial charge >= 0.3 is 17.9 Å². The molecule has 0 unspecified atom stereocenters. The molecule has 0 fully saturated rings. The fourth-order valence-electron chi connectivity index (χ4n) is 8.39. The lowest BCUT2D eigenvalue weighted by Gasteiger charge is -2.18. The van der Waals surface area contributed by atoms with Crippen molar-refractivity contribution in [3.63, 3.8) is 0 Å². The summed E-state index contributed by atoms with van der Waals surface area (Å²) in [6, 6.07) is 0. The molecule has 61 heavy (non-hydrogen) atoms. The van der Waals surface area contributed by atoms with Crippen LogP contribution in [0.2, 0.25) is 0 Å². The number of esters is 3. The first-order chi connectivity index (χ1) is 29.9. The van der Waals surface area contributed by atoms with E-state index in [1.807, 2.05) is 0 Å². The summed E-state index contributed by atoms with van der Waals surface area (Å²) in [6.45, 7) is 8.97. The lowest BCUT2D eigenvalue weighted by Crippen LogP contribution is -2.30. The summed E-state index contributed by atoms with van der Waals surface area (Å²) in [5.74, 6) is -0.0829. The number of carbonyl (C=O) groups is 3. The number of ether oxygens (including phenoxy) is 3. The Morgan fingerprint density at radius 3 is 0.803 bits per heavy atom. The molecule has 0 N–H and O–H groups in total. The third kappa shape index (κ3) is 49.3. The summed E-state index contributed by atoms with van der Waals surface area (Å²) < 4.78 is 16.8. The average molecular weight is 863 g/mol. The van der Waals surface area contributed by atoms with Crippen molar-refractivity contribution in [3.05, 3.63) is 0 Å². The van der Waals surface area contributed by atoms with Gasteiger partial charge in [0.15, 0.2) is 6.10 Å². The highest BCUT2D eigenvalue weighted by Crippen LogP contribution is 2.17. The van der Waals surface area contributed by atoms with Gasteiger partial charge in [-0.05, 0) is 25.2 Å². The number of unbranched alkanes of at least 4 members (excludes halogenated alkanes) is 37. The minimum absolute atomic E-state index is 0.0633. The highest BCUT2D eigenvalue weighted by molar-refractivity contribution is 5.71. The molecule has 0 amide bonds. The van der Waals surface area contributed by atoms with Gasteiger partial charge in [-0.2, -0.15) is 0 Å². The van der Waals surface area contributed by atoms with E-state index in [1.54, 1.807) is 0 Å². The van der Waals surface area contributed by atoms with Crippen LogP contribution in [0, 0.1) is 5.92 Å². The first-order valence-corrected chi connectivity index (χ1v) is 27.4. The second-order valence-electron chi connectivity index (χ2n) is 19.3. The van der Waals surface area contributed by atoms with Gasteiger partial charge in [0.05, 0.1) is 0 Å². The predicted octanol–water partition coefficient (Wildman–Crippen LogP) is 17.8. The first-order valence-electron chi connectivity index (χ1n) is 27.4. The van der Waals surface area contributed by atoms with Gasteiger partial charge in [-0.15, -0.1) is 0 Å². The zero-order valence-corrected chi connectivity index (χ0v) is 41.6. The molecule has 0 aromatic carbocycles. The quantitative estimate of drug-likeness (QED) is 0.0344. The Hall–Kier alpha value is -1.59. The summed E-state index contributed by atoms with van der Waals surface area (Å²) in [5.41, 5.74) is 0. The van der Waals surface area contributed by atoms with Gasteiger partial charge in [0.1, 0.15) is 13.2 Å². The standard InChI is InChI=1S/C55H106O6/c1-5-7-9-11-13-15-17-19-21-22-23-24-26-27-29-31-33-38-42-46-53(56)59-49-52(50-60-54(57)47-43-39-36-35-37-41-45-51(3)4)61-55(58)48-44-40-34-32-30-28-25-20-18-16-14-12-10-8-6-2/h51-52H,5-50H2,1-4H3/t52-/m1/s1. The molecule has 0 aliphatic rings. The van der Waals surface area contributed by atoms with Crippen LogP contribution in [0.15, 0.2) is 0 Å². The summed E-state index contributed by atoms with van der Waals surface area (Å²) >= 11 is 0. The minimum Gasteiger partial charge on any atom is -0.462 e. The second-order valence-corrected chi connectivity index (χ2v) is 19.3. The Balaban J connectivity index is 4.21. The fourth-order valence-corrected chi connectivity index (χ4v) is 8.39. The van der Waals surface area contributed by atoms with Gasteiger partial charge in [0.25, 0.3) is 0 Å². The number of hydrogen-bond donors (Lipinski definition) is 0. The molecular weight excluding hydrogens is 757 g/mol. The van der Waals surface area contributed by atoms with Crippen molar-refractivity contribution in [2.45, 2.75) is 316 Å². The van der Waals surface area contributed by atoms with Gasteiger partial charge < -0.3 is 14.2 Å². The Morgan fingerprint density at radius 1 is 0.311 bits per heavy atom. The van der Waals surface area contributed by atoms with Crippen LogP contribution < -0.4 is 0 Å². The Bertz CT molecular complexity index is 918. The molecule has 6 heteroatoms. The average Bonchev–Trinajstić information content (AvgIpc) is 3.24. The molecule has 0 spiro atoms. The van der Waals surface area contributed by atoms with E-state index >= 15 is 0 Å². The summed E-state index contributed by atoms with van der Waals surface area (Å²) in [6.07, 6.45) is 52.5. The smallest absolute Gasteiger partial charge is 0.306 e. The zero-order chi connectivity index (χ0) is 44.5. The molecule has 362 valence electrons. The van der Waals surface area contributed by atoms with Crippen LogP contribution in [-0.4, -0.2) is 37.2 Å². The third-order valence-corrected chi connectivity index (χ3v) is 12.5. The maximum atomic E-state index is 12.8. The maximum Gasteiger partial charge on any atom is 0.306 e. The molecule has 0 bridgehead atoms. The van der Waals surface area contributed by atoms with E-state index < -0.39 is 6.10 Å². The zero-order valence-electron chi connectivity index (χ0n) is 41.6. The van der Waals surface area contributed by atoms with E-state index in [1.165, 1.54) is 205 Å². The number of carbonyl (C=O) groups excluding carboxylic acids is 3. The van der Waals surface area contributed by atoms with Crippen molar-refractivity contribution in [2.24, 2.45) is 5.92 Å². The SMILES string of the molecule is CCCCCCCCCCCCCCCCCCCCCC(=O)OC[C@H](COC(=O)CCCCCCCCC(C)C)OC(=O)CCCCCCCCCCCCCCCCC. The molecule has 6 nitrogen and oxygen atoms in total. The molecule has 0 aliphatic heterocycles. The van der Waals surface area contributed by atoms with Gasteiger partial charge in [-0.3, -0.25) is 14.4 Å². The van der Waals surface area contributed by atoms with E-state index in [4.69, 9.17) is 14.2 Å². The largest absolute Gasteiger partial charge is 0.462 e. The molecule has 0 aliphatic carbocycles. The first kappa shape index (κ1) is 59.4. The summed E-state index contributed by atoms with van der Waals surface area (Å²) in [5, 5.41) is 0. The molecule has 0 saturated heterocycles. The molecular formula is C55H106O6. The highest BCUT2D eigenvalue weighted by atomic mass is 16.6. The van der Waals surface area contributed by atoms with Crippen LogP contribution >= 0.6 is 0 Å². The monoisotopic (exact) mass is 863 g/mol. The lowest BCUT2D eigenvalue weighted by molar-refractivity contribution is -0.167. The summed E-state index contributed by atoms with van der Waals surface area (Å²) in [7, 11) is 0. The van der Waals surface area contributed by atoms with Crippen LogP contribution in [0.25, 0.3) is 0 Å². The topological polar surface area (TPSA) is 78.9 Å². The van der Waals surface area contributed by atoms with E-state index in [9.17, 15) is 14.4 Å². The van der Waals surface area contributed by atoms with Crippen molar-refractivity contribution < 1.29 is 28.6 Å². The molecule has 0 radical (unpaired) electrons. The fraction of sp³-hybridized carbons (Fsp3) is 0.945. The van der Waals surface area contributed by atoms with Crippen molar-refractivity contribution in [1.29, 1.82) is 0 Å². The van der Waals surface area contributed by atoms with Crippen molar-refractivity contribution in [1.82, 2.24) is 0 Å². The molecule has 0 aromatic rings. The van der Waals surface area contributed by atoms with Crippen LogP contribution in [0.1, 0.15) is 310 Å². The van der Waals surface area contributed by atoms with Crippen molar-refractivity contribution in [2.75, 3.05) is 13.2 Å².